The summed E-state index contributed by atoms with van der Waals surface area (Å²) in [7, 11) is 0. The topological polar surface area (TPSA) is 44.3 Å². The van der Waals surface area contributed by atoms with Crippen molar-refractivity contribution in [2.75, 3.05) is 25.0 Å². The van der Waals surface area contributed by atoms with Crippen LogP contribution in [0.25, 0.3) is 0 Å². The van der Waals surface area contributed by atoms with Crippen LogP contribution in [-0.2, 0) is 12.8 Å². The quantitative estimate of drug-likeness (QED) is 0.654. The van der Waals surface area contributed by atoms with E-state index in [0.717, 1.165) is 32.4 Å². The number of benzene rings is 1. The fraction of sp³-hybridized carbons (Fsp3) is 0.571. The van der Waals surface area contributed by atoms with Gasteiger partial charge in [0.25, 0.3) is 0 Å². The second-order valence-corrected chi connectivity index (χ2v) is 4.82. The van der Waals surface area contributed by atoms with Gasteiger partial charge in [0.05, 0.1) is 0 Å². The Hall–Kier alpha value is -1.06. The normalized spacial score (nSPS) is 17.9. The second kappa shape index (κ2) is 6.03. The molecule has 0 saturated carbocycles. The molecule has 1 atom stereocenters. The molecule has 2 rings (SSSR count). The maximum absolute atomic E-state index is 8.67. The molecule has 0 aliphatic carbocycles. The van der Waals surface area contributed by atoms with Crippen molar-refractivity contribution in [3.63, 3.8) is 0 Å². The monoisotopic (exact) mass is 234 g/mol. The Labute approximate surface area is 103 Å². The smallest absolute Gasteiger partial charge is 0.0443 e. The van der Waals surface area contributed by atoms with Crippen LogP contribution in [0.2, 0.25) is 0 Å². The van der Waals surface area contributed by atoms with Crippen LogP contribution in [0.4, 0.5) is 5.69 Å². The second-order valence-electron chi connectivity index (χ2n) is 4.82. The summed E-state index contributed by atoms with van der Waals surface area (Å²) in [5, 5.41) is 15.5. The van der Waals surface area contributed by atoms with Crippen molar-refractivity contribution >= 4 is 5.69 Å². The van der Waals surface area contributed by atoms with Crippen LogP contribution >= 0.6 is 0 Å². The number of anilines is 1. The zero-order valence-electron chi connectivity index (χ0n) is 10.5. The molecule has 0 fully saturated rings. The highest BCUT2D eigenvalue weighted by atomic mass is 16.3. The van der Waals surface area contributed by atoms with Crippen molar-refractivity contribution < 1.29 is 5.11 Å². The first-order valence-electron chi connectivity index (χ1n) is 6.49. The lowest BCUT2D eigenvalue weighted by Gasteiger charge is -2.06. The Morgan fingerprint density at radius 1 is 1.41 bits per heavy atom. The van der Waals surface area contributed by atoms with E-state index < -0.39 is 0 Å². The molecule has 94 valence electrons. The van der Waals surface area contributed by atoms with Gasteiger partial charge in [0.1, 0.15) is 0 Å². The number of fused-ring (bicyclic) bond motifs is 1. The Balaban J connectivity index is 1.80. The molecule has 1 unspecified atom stereocenters. The number of hydrogen-bond acceptors (Lipinski definition) is 3. The predicted octanol–water partition coefficient (Wildman–Crippen LogP) is 1.56. The van der Waals surface area contributed by atoms with Gasteiger partial charge in [0.15, 0.2) is 0 Å². The molecule has 0 bridgehead atoms. The van der Waals surface area contributed by atoms with Crippen LogP contribution in [0, 0.1) is 0 Å². The van der Waals surface area contributed by atoms with Crippen LogP contribution in [0.1, 0.15) is 24.5 Å². The summed E-state index contributed by atoms with van der Waals surface area (Å²) in [4.78, 5) is 0. The van der Waals surface area contributed by atoms with Gasteiger partial charge < -0.3 is 15.7 Å². The molecular weight excluding hydrogens is 212 g/mol. The molecule has 3 N–H and O–H groups in total. The molecule has 1 aromatic carbocycles. The van der Waals surface area contributed by atoms with Gasteiger partial charge >= 0.3 is 0 Å². The summed E-state index contributed by atoms with van der Waals surface area (Å²) in [6, 6.07) is 7.29. The highest BCUT2D eigenvalue weighted by Crippen LogP contribution is 2.26. The van der Waals surface area contributed by atoms with Gasteiger partial charge in [-0.1, -0.05) is 12.1 Å². The van der Waals surface area contributed by atoms with Gasteiger partial charge in [-0.3, -0.25) is 0 Å². The first kappa shape index (κ1) is 12.4. The van der Waals surface area contributed by atoms with Crippen LogP contribution < -0.4 is 10.6 Å². The fourth-order valence-electron chi connectivity index (χ4n) is 2.32. The average molecular weight is 234 g/mol. The molecule has 3 nitrogen and oxygen atoms in total. The maximum atomic E-state index is 8.67. The fourth-order valence-corrected chi connectivity index (χ4v) is 2.32. The number of hydrogen-bond donors (Lipinski definition) is 3. The van der Waals surface area contributed by atoms with E-state index >= 15 is 0 Å². The summed E-state index contributed by atoms with van der Waals surface area (Å²) in [6.07, 6.45) is 3.04. The van der Waals surface area contributed by atoms with Crippen molar-refractivity contribution in [3.8, 4) is 0 Å². The third kappa shape index (κ3) is 3.45. The highest BCUT2D eigenvalue weighted by molar-refractivity contribution is 5.57. The van der Waals surface area contributed by atoms with Gasteiger partial charge in [-0.15, -0.1) is 0 Å². The molecule has 0 saturated heterocycles. The highest BCUT2D eigenvalue weighted by Gasteiger charge is 2.16. The molecule has 3 heteroatoms. The van der Waals surface area contributed by atoms with Gasteiger partial charge in [-0.2, -0.15) is 0 Å². The predicted molar refractivity (Wildman–Crippen MR) is 71.5 cm³/mol. The minimum atomic E-state index is 0.273. The van der Waals surface area contributed by atoms with E-state index in [9.17, 15) is 0 Å². The molecule has 1 aliphatic heterocycles. The lowest BCUT2D eigenvalue weighted by molar-refractivity contribution is 0.286. The van der Waals surface area contributed by atoms with Crippen molar-refractivity contribution in [1.82, 2.24) is 5.32 Å². The molecule has 1 aromatic rings. The molecular formula is C14H22N2O. The third-order valence-corrected chi connectivity index (χ3v) is 3.20. The molecule has 0 amide bonds. The van der Waals surface area contributed by atoms with E-state index in [1.807, 2.05) is 0 Å². The number of aliphatic hydroxyl groups is 1. The minimum Gasteiger partial charge on any atom is -0.396 e. The maximum Gasteiger partial charge on any atom is 0.0443 e. The van der Waals surface area contributed by atoms with E-state index in [4.69, 9.17) is 5.11 Å². The summed E-state index contributed by atoms with van der Waals surface area (Å²) in [5.41, 5.74) is 4.15. The van der Waals surface area contributed by atoms with Gasteiger partial charge in [0, 0.05) is 18.3 Å². The summed E-state index contributed by atoms with van der Waals surface area (Å²) in [6.45, 7) is 4.38. The van der Waals surface area contributed by atoms with Crippen molar-refractivity contribution in [2.24, 2.45) is 0 Å². The van der Waals surface area contributed by atoms with E-state index in [0.29, 0.717) is 6.04 Å². The number of rotatable bonds is 6. The molecule has 0 radical (unpaired) electrons. The third-order valence-electron chi connectivity index (χ3n) is 3.20. The molecule has 17 heavy (non-hydrogen) atoms. The number of aliphatic hydroxyl groups excluding tert-OH is 1. The number of nitrogens with one attached hydrogen (secondary N) is 2. The van der Waals surface area contributed by atoms with Gasteiger partial charge in [0.2, 0.25) is 0 Å². The van der Waals surface area contributed by atoms with Crippen LogP contribution in [-0.4, -0.2) is 30.8 Å². The van der Waals surface area contributed by atoms with Crippen molar-refractivity contribution in [3.05, 3.63) is 29.3 Å². The zero-order valence-corrected chi connectivity index (χ0v) is 10.5. The molecule has 0 spiro atoms. The SMILES string of the molecule is CC1Cc2cc(CCNCCCO)ccc2N1. The zero-order chi connectivity index (χ0) is 12.1. The van der Waals surface area contributed by atoms with E-state index in [1.54, 1.807) is 0 Å². The van der Waals surface area contributed by atoms with Crippen LogP contribution in [0.3, 0.4) is 0 Å². The Morgan fingerprint density at radius 3 is 3.12 bits per heavy atom. The molecule has 1 aliphatic rings. The Kier molecular flexibility index (Phi) is 4.40. The Morgan fingerprint density at radius 2 is 2.29 bits per heavy atom. The van der Waals surface area contributed by atoms with E-state index in [2.05, 4.69) is 35.8 Å². The van der Waals surface area contributed by atoms with Crippen LogP contribution in [0.5, 0.6) is 0 Å². The van der Waals surface area contributed by atoms with E-state index in [-0.39, 0.29) is 6.61 Å². The van der Waals surface area contributed by atoms with E-state index in [1.165, 1.54) is 16.8 Å². The van der Waals surface area contributed by atoms with Crippen molar-refractivity contribution in [2.45, 2.75) is 32.2 Å². The summed E-state index contributed by atoms with van der Waals surface area (Å²) in [5.74, 6) is 0. The molecule has 0 aromatic heterocycles. The molecule has 1 heterocycles. The van der Waals surface area contributed by atoms with Crippen LogP contribution in [0.15, 0.2) is 18.2 Å². The Bertz CT molecular complexity index is 365. The van der Waals surface area contributed by atoms with Gasteiger partial charge in [-0.25, -0.2) is 0 Å². The van der Waals surface area contributed by atoms with Crippen molar-refractivity contribution in [1.29, 1.82) is 0 Å². The minimum absolute atomic E-state index is 0.273. The standard InChI is InChI=1S/C14H22N2O/c1-11-9-13-10-12(3-4-14(13)16-11)5-7-15-6-2-8-17/h3-4,10-11,15-17H,2,5-9H2,1H3. The van der Waals surface area contributed by atoms with Gasteiger partial charge in [-0.05, 0) is 56.5 Å². The largest absolute Gasteiger partial charge is 0.396 e. The summed E-state index contributed by atoms with van der Waals surface area (Å²) < 4.78 is 0. The summed E-state index contributed by atoms with van der Waals surface area (Å²) >= 11 is 0. The first-order chi connectivity index (χ1) is 8.29. The lowest BCUT2D eigenvalue weighted by Crippen LogP contribution is -2.19. The first-order valence-corrected chi connectivity index (χ1v) is 6.49. The lowest BCUT2D eigenvalue weighted by atomic mass is 10.0. The average Bonchev–Trinajstić information content (AvgIpc) is 2.68.